The molecule has 3 heterocycles. The maximum absolute atomic E-state index is 12.1. The summed E-state index contributed by atoms with van der Waals surface area (Å²) in [5.41, 5.74) is 2.66. The van der Waals surface area contributed by atoms with Gasteiger partial charge in [0.25, 0.3) is 5.91 Å². The summed E-state index contributed by atoms with van der Waals surface area (Å²) >= 11 is 1.40. The van der Waals surface area contributed by atoms with Crippen molar-refractivity contribution in [1.29, 1.82) is 0 Å². The highest BCUT2D eigenvalue weighted by molar-refractivity contribution is 7.12. The van der Waals surface area contributed by atoms with Crippen LogP contribution in [0.5, 0.6) is 11.6 Å². The molecule has 140 valence electrons. The van der Waals surface area contributed by atoms with Gasteiger partial charge in [-0.3, -0.25) is 9.36 Å². The van der Waals surface area contributed by atoms with Crippen molar-refractivity contribution < 1.29 is 9.53 Å². The van der Waals surface area contributed by atoms with Crippen molar-refractivity contribution in [2.45, 2.75) is 13.8 Å². The van der Waals surface area contributed by atoms with Crippen LogP contribution in [0.15, 0.2) is 60.2 Å². The van der Waals surface area contributed by atoms with Gasteiger partial charge >= 0.3 is 0 Å². The first-order valence-corrected chi connectivity index (χ1v) is 9.45. The van der Waals surface area contributed by atoms with E-state index >= 15 is 0 Å². The van der Waals surface area contributed by atoms with Gasteiger partial charge in [0.2, 0.25) is 5.88 Å². The number of carbonyl (C=O) groups excluding carboxylic acids is 1. The second-order valence-corrected chi connectivity index (χ2v) is 7.02. The van der Waals surface area contributed by atoms with Crippen LogP contribution in [-0.4, -0.2) is 25.7 Å². The average molecular weight is 391 g/mol. The van der Waals surface area contributed by atoms with E-state index in [1.807, 2.05) is 35.9 Å². The summed E-state index contributed by atoms with van der Waals surface area (Å²) in [7, 11) is 0. The number of aryl methyl sites for hydroxylation is 1. The van der Waals surface area contributed by atoms with Gasteiger partial charge in [-0.05, 0) is 55.6 Å². The predicted octanol–water partition coefficient (Wildman–Crippen LogP) is 4.39. The lowest BCUT2D eigenvalue weighted by Gasteiger charge is -2.08. The van der Waals surface area contributed by atoms with Crippen molar-refractivity contribution in [1.82, 2.24) is 19.7 Å². The Kier molecular flexibility index (Phi) is 4.86. The third kappa shape index (κ3) is 3.77. The van der Waals surface area contributed by atoms with Crippen LogP contribution < -0.4 is 10.1 Å². The minimum atomic E-state index is -0.129. The van der Waals surface area contributed by atoms with Crippen LogP contribution in [0.4, 0.5) is 5.69 Å². The molecule has 0 fully saturated rings. The van der Waals surface area contributed by atoms with Crippen LogP contribution in [0.1, 0.15) is 21.1 Å². The zero-order valence-corrected chi connectivity index (χ0v) is 16.1. The minimum absolute atomic E-state index is 0.129. The molecule has 4 rings (SSSR count). The third-order valence-electron chi connectivity index (χ3n) is 4.20. The molecule has 0 atom stereocenters. The maximum atomic E-state index is 12.1. The Morgan fingerprint density at radius 2 is 1.89 bits per heavy atom. The minimum Gasteiger partial charge on any atom is -0.438 e. The van der Waals surface area contributed by atoms with Crippen molar-refractivity contribution in [3.8, 4) is 17.4 Å². The Hall–Kier alpha value is -3.52. The third-order valence-corrected chi connectivity index (χ3v) is 5.07. The lowest BCUT2D eigenvalue weighted by Crippen LogP contribution is -2.09. The Morgan fingerprint density at radius 1 is 1.07 bits per heavy atom. The first-order chi connectivity index (χ1) is 13.6. The first kappa shape index (κ1) is 17.9. The van der Waals surface area contributed by atoms with E-state index in [9.17, 15) is 4.79 Å². The molecule has 0 aliphatic rings. The van der Waals surface area contributed by atoms with E-state index in [1.165, 1.54) is 11.3 Å². The quantitative estimate of drug-likeness (QED) is 0.546. The smallest absolute Gasteiger partial charge is 0.265 e. The lowest BCUT2D eigenvalue weighted by molar-refractivity contribution is 0.103. The zero-order chi connectivity index (χ0) is 19.5. The van der Waals surface area contributed by atoms with Crippen LogP contribution >= 0.6 is 11.3 Å². The van der Waals surface area contributed by atoms with Gasteiger partial charge in [0.15, 0.2) is 5.82 Å². The molecule has 0 bridgehead atoms. The number of carbonyl (C=O) groups is 1. The fraction of sp³-hybridized carbons (Fsp3) is 0.100. The number of aromatic nitrogens is 4. The summed E-state index contributed by atoms with van der Waals surface area (Å²) in [6.07, 6.45) is 1.72. The summed E-state index contributed by atoms with van der Waals surface area (Å²) in [4.78, 5) is 17.0. The Bertz CT molecular complexity index is 1090. The van der Waals surface area contributed by atoms with E-state index in [1.54, 1.807) is 42.7 Å². The molecule has 1 N–H and O–H groups in total. The Labute approximate surface area is 165 Å². The molecule has 3 aromatic heterocycles. The highest BCUT2D eigenvalue weighted by Gasteiger charge is 2.09. The molecule has 0 saturated carbocycles. The standard InChI is InChI=1S/C20H17N5O2S/c1-13-14(2)25(12-21-13)18-9-10-19(24-23-18)27-16-7-5-15(6-8-16)22-20(26)17-4-3-11-28-17/h3-12H,1-2H3,(H,22,26). The molecule has 1 amide bonds. The van der Waals surface area contributed by atoms with Gasteiger partial charge in [-0.1, -0.05) is 6.07 Å². The lowest BCUT2D eigenvalue weighted by atomic mass is 10.3. The molecule has 0 saturated heterocycles. The maximum Gasteiger partial charge on any atom is 0.265 e. The second-order valence-electron chi connectivity index (χ2n) is 6.07. The number of amides is 1. The SMILES string of the molecule is Cc1ncn(-c2ccc(Oc3ccc(NC(=O)c4cccs4)cc3)nn2)c1C. The molecule has 0 aliphatic carbocycles. The van der Waals surface area contributed by atoms with Gasteiger partial charge in [-0.25, -0.2) is 4.98 Å². The molecular formula is C20H17N5O2S. The molecule has 7 nitrogen and oxygen atoms in total. The van der Waals surface area contributed by atoms with Gasteiger partial charge in [-0.15, -0.1) is 21.5 Å². The number of anilines is 1. The van der Waals surface area contributed by atoms with Crippen molar-refractivity contribution in [3.63, 3.8) is 0 Å². The van der Waals surface area contributed by atoms with E-state index < -0.39 is 0 Å². The number of imidazole rings is 1. The highest BCUT2D eigenvalue weighted by Crippen LogP contribution is 2.22. The van der Waals surface area contributed by atoms with Crippen molar-refractivity contribution >= 4 is 22.9 Å². The summed E-state index contributed by atoms with van der Waals surface area (Å²) in [6, 6.07) is 14.3. The number of hydrogen-bond acceptors (Lipinski definition) is 6. The summed E-state index contributed by atoms with van der Waals surface area (Å²) in [5, 5.41) is 13.0. The monoisotopic (exact) mass is 391 g/mol. The van der Waals surface area contributed by atoms with Crippen LogP contribution in [0.3, 0.4) is 0 Å². The summed E-state index contributed by atoms with van der Waals surface area (Å²) < 4.78 is 7.60. The Balaban J connectivity index is 1.41. The molecule has 0 radical (unpaired) electrons. The van der Waals surface area contributed by atoms with Crippen molar-refractivity contribution in [2.75, 3.05) is 5.32 Å². The van der Waals surface area contributed by atoms with E-state index in [-0.39, 0.29) is 5.91 Å². The van der Waals surface area contributed by atoms with Crippen molar-refractivity contribution in [3.05, 3.63) is 76.5 Å². The zero-order valence-electron chi connectivity index (χ0n) is 15.3. The van der Waals surface area contributed by atoms with Crippen molar-refractivity contribution in [2.24, 2.45) is 0 Å². The summed E-state index contributed by atoms with van der Waals surface area (Å²) in [5.74, 6) is 1.53. The molecule has 8 heteroatoms. The number of nitrogens with zero attached hydrogens (tertiary/aromatic N) is 4. The number of benzene rings is 1. The topological polar surface area (TPSA) is 81.9 Å². The first-order valence-electron chi connectivity index (χ1n) is 8.57. The van der Waals surface area contributed by atoms with Crippen LogP contribution in [0, 0.1) is 13.8 Å². The number of nitrogens with one attached hydrogen (secondary N) is 1. The molecule has 0 unspecified atom stereocenters. The van der Waals surface area contributed by atoms with Gasteiger partial charge in [0.1, 0.15) is 12.1 Å². The van der Waals surface area contributed by atoms with Crippen LogP contribution in [0.25, 0.3) is 5.82 Å². The molecule has 1 aromatic carbocycles. The van der Waals surface area contributed by atoms with E-state index in [0.717, 1.165) is 11.4 Å². The predicted molar refractivity (Wildman–Crippen MR) is 107 cm³/mol. The van der Waals surface area contributed by atoms with E-state index in [4.69, 9.17) is 4.74 Å². The number of thiophene rings is 1. The molecule has 4 aromatic rings. The van der Waals surface area contributed by atoms with Gasteiger partial charge in [-0.2, -0.15) is 0 Å². The molecule has 28 heavy (non-hydrogen) atoms. The average Bonchev–Trinajstić information content (AvgIpc) is 3.35. The van der Waals surface area contributed by atoms with Gasteiger partial charge < -0.3 is 10.1 Å². The normalized spacial score (nSPS) is 10.6. The fourth-order valence-corrected chi connectivity index (χ4v) is 3.17. The van der Waals surface area contributed by atoms with E-state index in [2.05, 4.69) is 20.5 Å². The fourth-order valence-electron chi connectivity index (χ4n) is 2.55. The van der Waals surface area contributed by atoms with Crippen LogP contribution in [-0.2, 0) is 0 Å². The second kappa shape index (κ2) is 7.61. The number of rotatable bonds is 5. The molecule has 0 spiro atoms. The molecular weight excluding hydrogens is 374 g/mol. The largest absolute Gasteiger partial charge is 0.438 e. The van der Waals surface area contributed by atoms with Gasteiger partial charge in [0, 0.05) is 17.4 Å². The number of hydrogen-bond donors (Lipinski definition) is 1. The number of ether oxygens (including phenoxy) is 1. The highest BCUT2D eigenvalue weighted by atomic mass is 32.1. The Morgan fingerprint density at radius 3 is 2.50 bits per heavy atom. The summed E-state index contributed by atoms with van der Waals surface area (Å²) in [6.45, 7) is 3.93. The van der Waals surface area contributed by atoms with Gasteiger partial charge in [0.05, 0.1) is 10.6 Å². The van der Waals surface area contributed by atoms with Crippen LogP contribution in [0.2, 0.25) is 0 Å². The molecule has 0 aliphatic heterocycles. The van der Waals surface area contributed by atoms with E-state index in [0.29, 0.717) is 28.0 Å².